The van der Waals surface area contributed by atoms with Crippen LogP contribution in [0, 0.1) is 11.3 Å². The lowest BCUT2D eigenvalue weighted by Gasteiger charge is -2.15. The molecule has 1 rings (SSSR count). The minimum absolute atomic E-state index is 0.0538. The molecule has 0 saturated heterocycles. The van der Waals surface area contributed by atoms with Gasteiger partial charge in [0.25, 0.3) is 5.91 Å². The maximum absolute atomic E-state index is 12.0. The number of sulfonamides is 1. The van der Waals surface area contributed by atoms with Crippen molar-refractivity contribution < 1.29 is 22.7 Å². The topological polar surface area (TPSA) is 117 Å². The van der Waals surface area contributed by atoms with Gasteiger partial charge in [-0.2, -0.15) is 9.98 Å². The van der Waals surface area contributed by atoms with Gasteiger partial charge in [-0.15, -0.1) is 0 Å². The normalized spacial score (nSPS) is 10.8. The van der Waals surface area contributed by atoms with Gasteiger partial charge in [0.2, 0.25) is 10.0 Å². The highest BCUT2D eigenvalue weighted by Gasteiger charge is 2.18. The molecule has 0 fully saturated rings. The minimum Gasteiger partial charge on any atom is -0.455 e. The molecule has 0 radical (unpaired) electrons. The Hall–Kier alpha value is -1.86. The summed E-state index contributed by atoms with van der Waals surface area (Å²) in [4.78, 5) is 24.3. The summed E-state index contributed by atoms with van der Waals surface area (Å²) < 4.78 is 30.8. The van der Waals surface area contributed by atoms with E-state index in [1.54, 1.807) is 0 Å². The molecule has 1 aromatic rings. The van der Waals surface area contributed by atoms with E-state index in [4.69, 9.17) is 33.2 Å². The average Bonchev–Trinajstić information content (AvgIpc) is 2.57. The number of hydrogen-bond acceptors (Lipinski definition) is 6. The maximum atomic E-state index is 12.0. The first-order chi connectivity index (χ1) is 11.7. The second-order valence-electron chi connectivity index (χ2n) is 4.78. The molecule has 11 heteroatoms. The van der Waals surface area contributed by atoms with E-state index in [-0.39, 0.29) is 27.9 Å². The number of esters is 1. The van der Waals surface area contributed by atoms with Crippen LogP contribution in [0.5, 0.6) is 0 Å². The largest absolute Gasteiger partial charge is 0.455 e. The average molecular weight is 408 g/mol. The summed E-state index contributed by atoms with van der Waals surface area (Å²) in [6, 6.07) is 5.57. The number of likely N-dealkylation sites (N-methyl/N-ethyl adjacent to an activating group) is 1. The van der Waals surface area contributed by atoms with Gasteiger partial charge in [0.05, 0.1) is 27.4 Å². The molecule has 25 heavy (non-hydrogen) atoms. The first-order valence-electron chi connectivity index (χ1n) is 6.88. The third-order valence-corrected chi connectivity index (χ3v) is 5.09. The third-order valence-electron chi connectivity index (χ3n) is 2.95. The van der Waals surface area contributed by atoms with Crippen LogP contribution in [-0.4, -0.2) is 51.9 Å². The van der Waals surface area contributed by atoms with E-state index in [1.807, 2.05) is 10.8 Å². The van der Waals surface area contributed by atoms with Crippen LogP contribution in [0.15, 0.2) is 23.1 Å². The van der Waals surface area contributed by atoms with Crippen molar-refractivity contribution in [3.8, 4) is 6.07 Å². The highest BCUT2D eigenvalue weighted by atomic mass is 35.5. The smallest absolute Gasteiger partial charge is 0.321 e. The molecule has 0 saturated carbocycles. The Morgan fingerprint density at radius 2 is 2.00 bits per heavy atom. The van der Waals surface area contributed by atoms with Crippen LogP contribution in [0.25, 0.3) is 0 Å². The van der Waals surface area contributed by atoms with E-state index in [2.05, 4.69) is 0 Å². The highest BCUT2D eigenvalue weighted by Crippen LogP contribution is 2.24. The van der Waals surface area contributed by atoms with Crippen LogP contribution in [0.3, 0.4) is 0 Å². The van der Waals surface area contributed by atoms with Crippen molar-refractivity contribution in [2.24, 2.45) is 0 Å². The van der Waals surface area contributed by atoms with Crippen LogP contribution in [0.1, 0.15) is 6.42 Å². The number of carbonyl (C=O) groups excluding carboxylic acids is 2. The number of carbonyl (C=O) groups is 2. The Bertz CT molecular complexity index is 792. The number of nitrogens with one attached hydrogen (secondary N) is 1. The molecule has 0 aliphatic carbocycles. The molecule has 0 aliphatic rings. The number of amides is 1. The molecular weight excluding hydrogens is 393 g/mol. The van der Waals surface area contributed by atoms with Crippen molar-refractivity contribution in [1.82, 2.24) is 9.62 Å². The highest BCUT2D eigenvalue weighted by molar-refractivity contribution is 7.89. The minimum atomic E-state index is -3.99. The van der Waals surface area contributed by atoms with Gasteiger partial charge in [0, 0.05) is 13.6 Å². The molecule has 0 heterocycles. The number of nitrogens with zero attached hydrogens (tertiary/aromatic N) is 2. The molecule has 1 aromatic carbocycles. The van der Waals surface area contributed by atoms with Crippen molar-refractivity contribution in [1.29, 1.82) is 5.26 Å². The van der Waals surface area contributed by atoms with Gasteiger partial charge >= 0.3 is 5.97 Å². The SMILES string of the molecule is CN(CCC#N)C(=O)COC(=O)CNS(=O)(=O)c1ccc(Cl)c(Cl)c1. The van der Waals surface area contributed by atoms with E-state index >= 15 is 0 Å². The summed E-state index contributed by atoms with van der Waals surface area (Å²) in [7, 11) is -2.53. The van der Waals surface area contributed by atoms with E-state index in [9.17, 15) is 18.0 Å². The van der Waals surface area contributed by atoms with Gasteiger partial charge in [-0.3, -0.25) is 9.59 Å². The predicted molar refractivity (Wildman–Crippen MR) is 90.5 cm³/mol. The summed E-state index contributed by atoms with van der Waals surface area (Å²) in [5, 5.41) is 8.68. The monoisotopic (exact) mass is 407 g/mol. The molecule has 0 aliphatic heterocycles. The van der Waals surface area contributed by atoms with Gasteiger partial charge < -0.3 is 9.64 Å². The lowest BCUT2D eigenvalue weighted by Crippen LogP contribution is -2.35. The molecule has 136 valence electrons. The fourth-order valence-corrected chi connectivity index (χ4v) is 2.88. The zero-order valence-electron chi connectivity index (χ0n) is 13.2. The lowest BCUT2D eigenvalue weighted by atomic mass is 10.4. The van der Waals surface area contributed by atoms with Crippen LogP contribution < -0.4 is 4.72 Å². The molecular formula is C14H15Cl2N3O5S. The van der Waals surface area contributed by atoms with Crippen molar-refractivity contribution in [3.63, 3.8) is 0 Å². The van der Waals surface area contributed by atoms with E-state index in [0.29, 0.717) is 0 Å². The summed E-state index contributed by atoms with van der Waals surface area (Å²) in [6.45, 7) is -0.996. The van der Waals surface area contributed by atoms with Crippen LogP contribution >= 0.6 is 23.2 Å². The number of ether oxygens (including phenoxy) is 1. The first-order valence-corrected chi connectivity index (χ1v) is 9.12. The Kier molecular flexibility index (Phi) is 8.12. The summed E-state index contributed by atoms with van der Waals surface area (Å²) >= 11 is 11.5. The molecule has 1 amide bonds. The molecule has 0 atom stereocenters. The maximum Gasteiger partial charge on any atom is 0.321 e. The second-order valence-corrected chi connectivity index (χ2v) is 7.37. The van der Waals surface area contributed by atoms with Crippen molar-refractivity contribution in [2.45, 2.75) is 11.3 Å². The molecule has 0 aromatic heterocycles. The van der Waals surface area contributed by atoms with Gasteiger partial charge in [0.15, 0.2) is 6.61 Å². The van der Waals surface area contributed by atoms with Gasteiger partial charge in [-0.1, -0.05) is 23.2 Å². The molecule has 0 unspecified atom stereocenters. The fraction of sp³-hybridized carbons (Fsp3) is 0.357. The van der Waals surface area contributed by atoms with E-state index in [1.165, 1.54) is 24.1 Å². The predicted octanol–water partition coefficient (Wildman–Crippen LogP) is 1.19. The quantitative estimate of drug-likeness (QED) is 0.646. The Labute approximate surface area is 155 Å². The summed E-state index contributed by atoms with van der Waals surface area (Å²) in [5.41, 5.74) is 0. The fourth-order valence-electron chi connectivity index (χ4n) is 1.53. The van der Waals surface area contributed by atoms with Crippen molar-refractivity contribution in [3.05, 3.63) is 28.2 Å². The first kappa shape index (κ1) is 21.2. The van der Waals surface area contributed by atoms with Crippen molar-refractivity contribution >= 4 is 45.1 Å². The summed E-state index contributed by atoms with van der Waals surface area (Å²) in [5.74, 6) is -1.43. The van der Waals surface area contributed by atoms with E-state index in [0.717, 1.165) is 6.07 Å². The second kappa shape index (κ2) is 9.58. The lowest BCUT2D eigenvalue weighted by molar-refractivity contribution is -0.150. The molecule has 1 N–H and O–H groups in total. The van der Waals surface area contributed by atoms with Gasteiger partial charge in [-0.05, 0) is 18.2 Å². The molecule has 0 spiro atoms. The van der Waals surface area contributed by atoms with Crippen LogP contribution in [-0.2, 0) is 24.3 Å². The number of nitriles is 1. The van der Waals surface area contributed by atoms with Crippen molar-refractivity contribution in [2.75, 3.05) is 26.7 Å². The third kappa shape index (κ3) is 6.88. The number of rotatable bonds is 8. The summed E-state index contributed by atoms with van der Waals surface area (Å²) in [6.07, 6.45) is 0.152. The Balaban J connectivity index is 2.51. The number of benzene rings is 1. The van der Waals surface area contributed by atoms with Crippen LogP contribution in [0.2, 0.25) is 10.0 Å². The van der Waals surface area contributed by atoms with Crippen LogP contribution in [0.4, 0.5) is 0 Å². The van der Waals surface area contributed by atoms with E-state index < -0.39 is 35.1 Å². The molecule has 8 nitrogen and oxygen atoms in total. The molecule has 0 bridgehead atoms. The number of halogens is 2. The Morgan fingerprint density at radius 1 is 1.32 bits per heavy atom. The zero-order chi connectivity index (χ0) is 19.0. The zero-order valence-corrected chi connectivity index (χ0v) is 15.5. The standard InChI is InChI=1S/C14H15Cl2N3O5S/c1-19(6-2-5-17)13(20)9-24-14(21)8-18-25(22,23)10-3-4-11(15)12(16)7-10/h3-4,7,18H,2,6,8-9H2,1H3. The van der Waals surface area contributed by atoms with Gasteiger partial charge in [-0.25, -0.2) is 8.42 Å². The number of hydrogen-bond donors (Lipinski definition) is 1. The van der Waals surface area contributed by atoms with Gasteiger partial charge in [0.1, 0.15) is 6.54 Å². The Morgan fingerprint density at radius 3 is 2.60 bits per heavy atom.